The lowest BCUT2D eigenvalue weighted by molar-refractivity contribution is -0.571. The molecule has 3 heterocycles. The minimum absolute atomic E-state index is 0.140. The van der Waals surface area contributed by atoms with Crippen molar-refractivity contribution in [2.75, 3.05) is 0 Å². The van der Waals surface area contributed by atoms with Crippen LogP contribution >= 0.6 is 0 Å². The molecule has 3 aromatic heterocycles. The third-order valence-electron chi connectivity index (χ3n) is 12.6. The SMILES string of the molecule is CC1(C)c2ccccc2-c2c1ccnc2-n1c2ccccc2c2ccc(Oc3cccc(-n4[c-][n+](-c5c(-c6ccccc6)cccc5-c5ccccc5)c5ccccc54)c3)cc21. The highest BCUT2D eigenvalue weighted by atomic mass is 16.5. The first kappa shape index (κ1) is 35.9. The fourth-order valence-electron chi connectivity index (χ4n) is 9.77. The third kappa shape index (κ3) is 5.55. The lowest BCUT2D eigenvalue weighted by atomic mass is 9.83. The topological polar surface area (TPSA) is 35.9 Å². The van der Waals surface area contributed by atoms with Gasteiger partial charge in [-0.05, 0) is 81.4 Å². The van der Waals surface area contributed by atoms with Crippen LogP contribution in [0, 0.1) is 6.33 Å². The molecule has 0 aliphatic heterocycles. The second-order valence-electron chi connectivity index (χ2n) is 16.6. The predicted octanol–water partition coefficient (Wildman–Crippen LogP) is 13.6. The summed E-state index contributed by atoms with van der Waals surface area (Å²) < 4.78 is 13.5. The van der Waals surface area contributed by atoms with Crippen molar-refractivity contribution in [3.05, 3.63) is 224 Å². The lowest BCUT2D eigenvalue weighted by Gasteiger charge is -2.21. The molecule has 5 nitrogen and oxygen atoms in total. The van der Waals surface area contributed by atoms with Crippen molar-refractivity contribution in [2.45, 2.75) is 19.3 Å². The van der Waals surface area contributed by atoms with Crippen LogP contribution in [-0.4, -0.2) is 14.1 Å². The van der Waals surface area contributed by atoms with Crippen molar-refractivity contribution in [2.24, 2.45) is 0 Å². The van der Waals surface area contributed by atoms with Gasteiger partial charge >= 0.3 is 0 Å². The van der Waals surface area contributed by atoms with Crippen LogP contribution in [0.3, 0.4) is 0 Å². The Balaban J connectivity index is 0.983. The molecule has 5 heteroatoms. The molecular weight excluding hydrogens is 757 g/mol. The largest absolute Gasteiger partial charge is 0.458 e. The van der Waals surface area contributed by atoms with Gasteiger partial charge < -0.3 is 4.74 Å². The van der Waals surface area contributed by atoms with Gasteiger partial charge in [-0.25, -0.2) is 4.98 Å². The Bertz CT molecular complexity index is 3470. The molecular formula is C57H40N4O. The number of hydrogen-bond acceptors (Lipinski definition) is 2. The quantitative estimate of drug-likeness (QED) is 0.119. The van der Waals surface area contributed by atoms with Crippen LogP contribution in [0.5, 0.6) is 11.5 Å². The number of pyridine rings is 1. The number of benzene rings is 8. The van der Waals surface area contributed by atoms with E-state index in [-0.39, 0.29) is 5.41 Å². The number of para-hydroxylation sites is 4. The second-order valence-corrected chi connectivity index (χ2v) is 16.6. The minimum atomic E-state index is -0.140. The van der Waals surface area contributed by atoms with Gasteiger partial charge in [0.15, 0.2) is 0 Å². The maximum Gasteiger partial charge on any atom is 0.269 e. The molecule has 12 rings (SSSR count). The molecule has 0 saturated carbocycles. The van der Waals surface area contributed by atoms with Gasteiger partial charge in [-0.15, -0.1) is 0 Å². The van der Waals surface area contributed by atoms with E-state index in [0.29, 0.717) is 0 Å². The lowest BCUT2D eigenvalue weighted by Crippen LogP contribution is -2.31. The Labute approximate surface area is 360 Å². The van der Waals surface area contributed by atoms with Crippen LogP contribution in [0.15, 0.2) is 206 Å². The van der Waals surface area contributed by atoms with E-state index in [4.69, 9.17) is 9.72 Å². The molecule has 0 N–H and O–H groups in total. The molecule has 0 amide bonds. The van der Waals surface area contributed by atoms with E-state index in [1.165, 1.54) is 27.6 Å². The summed E-state index contributed by atoms with van der Waals surface area (Å²) in [4.78, 5) is 5.12. The number of fused-ring (bicyclic) bond motifs is 7. The molecule has 0 fully saturated rings. The standard InChI is InChI=1S/C57H40N4O/c1-57(2)48-27-11-9-24-47(48)54-49(57)33-34-58-56(54)61-50-28-12-10-23-45(50)46-32-31-42(36-53(46)61)62-41-22-15-21-40(35-41)59-37-60(52-30-14-13-29-51(52)59)55-43(38-17-5-3-6-18-38)25-16-26-44(55)39-19-7-4-8-20-39/h3-36H,1-2H3. The molecule has 0 bridgehead atoms. The zero-order valence-corrected chi connectivity index (χ0v) is 34.3. The van der Waals surface area contributed by atoms with Crippen LogP contribution in [0.4, 0.5) is 0 Å². The summed E-state index contributed by atoms with van der Waals surface area (Å²) in [6, 6.07) is 70.5. The molecule has 11 aromatic rings. The van der Waals surface area contributed by atoms with Crippen LogP contribution in [0.1, 0.15) is 25.0 Å². The van der Waals surface area contributed by atoms with Crippen molar-refractivity contribution in [1.29, 1.82) is 0 Å². The molecule has 62 heavy (non-hydrogen) atoms. The molecule has 0 radical (unpaired) electrons. The average Bonchev–Trinajstić information content (AvgIpc) is 3.95. The third-order valence-corrected chi connectivity index (χ3v) is 12.6. The Morgan fingerprint density at radius 1 is 0.516 bits per heavy atom. The summed E-state index contributed by atoms with van der Waals surface area (Å²) >= 11 is 0. The Hall–Kier alpha value is -8.02. The monoisotopic (exact) mass is 796 g/mol. The molecule has 0 saturated heterocycles. The number of rotatable bonds is 7. The van der Waals surface area contributed by atoms with Crippen molar-refractivity contribution in [1.82, 2.24) is 14.1 Å². The highest BCUT2D eigenvalue weighted by molar-refractivity contribution is 6.10. The number of aromatic nitrogens is 4. The summed E-state index contributed by atoms with van der Waals surface area (Å²) in [6.07, 6.45) is 5.76. The molecule has 0 atom stereocenters. The first-order chi connectivity index (χ1) is 30.5. The van der Waals surface area contributed by atoms with Crippen LogP contribution in [0.25, 0.3) is 83.4 Å². The van der Waals surface area contributed by atoms with E-state index in [0.717, 1.165) is 78.4 Å². The maximum absolute atomic E-state index is 6.81. The summed E-state index contributed by atoms with van der Waals surface area (Å²) in [6.45, 7) is 4.62. The summed E-state index contributed by atoms with van der Waals surface area (Å²) in [5.41, 5.74) is 15.7. The normalized spacial score (nSPS) is 12.8. The van der Waals surface area contributed by atoms with Crippen LogP contribution in [0.2, 0.25) is 0 Å². The molecule has 1 aliphatic rings. The van der Waals surface area contributed by atoms with Gasteiger partial charge in [-0.2, -0.15) is 0 Å². The Morgan fingerprint density at radius 2 is 1.15 bits per heavy atom. The van der Waals surface area contributed by atoms with Gasteiger partial charge in [0.05, 0.1) is 33.4 Å². The first-order valence-corrected chi connectivity index (χ1v) is 21.1. The van der Waals surface area contributed by atoms with Gasteiger partial charge in [0, 0.05) is 34.0 Å². The van der Waals surface area contributed by atoms with E-state index >= 15 is 0 Å². The van der Waals surface area contributed by atoms with Crippen molar-refractivity contribution < 1.29 is 9.30 Å². The first-order valence-electron chi connectivity index (χ1n) is 21.1. The van der Waals surface area contributed by atoms with Crippen LogP contribution < -0.4 is 9.30 Å². The molecule has 294 valence electrons. The smallest absolute Gasteiger partial charge is 0.269 e. The molecule has 0 spiro atoms. The number of hydrogen-bond donors (Lipinski definition) is 0. The van der Waals surface area contributed by atoms with Gasteiger partial charge in [-0.3, -0.25) is 13.7 Å². The van der Waals surface area contributed by atoms with E-state index in [1.54, 1.807) is 0 Å². The Kier molecular flexibility index (Phi) is 8.12. The Morgan fingerprint density at radius 3 is 1.94 bits per heavy atom. The minimum Gasteiger partial charge on any atom is -0.458 e. The summed E-state index contributed by atoms with van der Waals surface area (Å²) in [5, 5.41) is 2.32. The van der Waals surface area contributed by atoms with Crippen molar-refractivity contribution >= 4 is 32.8 Å². The highest BCUT2D eigenvalue weighted by Crippen LogP contribution is 2.51. The summed E-state index contributed by atoms with van der Waals surface area (Å²) in [5.74, 6) is 2.40. The number of imidazole rings is 1. The second kappa shape index (κ2) is 14.0. The predicted molar refractivity (Wildman–Crippen MR) is 251 cm³/mol. The van der Waals surface area contributed by atoms with E-state index in [2.05, 4.69) is 228 Å². The molecule has 8 aromatic carbocycles. The van der Waals surface area contributed by atoms with Gasteiger partial charge in [0.25, 0.3) is 6.33 Å². The van der Waals surface area contributed by atoms with E-state index < -0.39 is 0 Å². The molecule has 1 aliphatic carbocycles. The summed E-state index contributed by atoms with van der Waals surface area (Å²) in [7, 11) is 0. The van der Waals surface area contributed by atoms with Crippen molar-refractivity contribution in [3.63, 3.8) is 0 Å². The fourth-order valence-corrected chi connectivity index (χ4v) is 9.77. The molecule has 0 unspecified atom stereocenters. The maximum atomic E-state index is 6.81. The number of nitrogens with zero attached hydrogens (tertiary/aromatic N) is 4. The van der Waals surface area contributed by atoms with E-state index in [1.807, 2.05) is 12.3 Å². The highest BCUT2D eigenvalue weighted by Gasteiger charge is 2.37. The van der Waals surface area contributed by atoms with Crippen LogP contribution in [-0.2, 0) is 5.41 Å². The zero-order chi connectivity index (χ0) is 41.4. The van der Waals surface area contributed by atoms with Gasteiger partial charge in [0.1, 0.15) is 17.3 Å². The van der Waals surface area contributed by atoms with Gasteiger partial charge in [0.2, 0.25) is 0 Å². The fraction of sp³-hybridized carbons (Fsp3) is 0.0526. The number of ether oxygens (including phenoxy) is 1. The van der Waals surface area contributed by atoms with Crippen molar-refractivity contribution in [3.8, 4) is 62.1 Å². The van der Waals surface area contributed by atoms with E-state index in [9.17, 15) is 0 Å². The van der Waals surface area contributed by atoms with Gasteiger partial charge in [-0.1, -0.05) is 166 Å². The average molecular weight is 797 g/mol. The zero-order valence-electron chi connectivity index (χ0n) is 34.3.